The van der Waals surface area contributed by atoms with E-state index in [0.29, 0.717) is 11.4 Å². The lowest BCUT2D eigenvalue weighted by Crippen LogP contribution is -2.51. The number of esters is 1. The van der Waals surface area contributed by atoms with Gasteiger partial charge >= 0.3 is 12.1 Å². The van der Waals surface area contributed by atoms with Gasteiger partial charge < -0.3 is 25.0 Å². The first kappa shape index (κ1) is 26.1. The monoisotopic (exact) mass is 513 g/mol. The van der Waals surface area contributed by atoms with Gasteiger partial charge in [0.1, 0.15) is 16.5 Å². The van der Waals surface area contributed by atoms with Crippen molar-refractivity contribution in [1.82, 2.24) is 9.80 Å². The number of hydrogen-bond donors (Lipinski definition) is 1. The van der Waals surface area contributed by atoms with E-state index < -0.39 is 29.8 Å². The molecule has 1 aromatic heterocycles. The van der Waals surface area contributed by atoms with E-state index in [4.69, 9.17) is 20.2 Å². The van der Waals surface area contributed by atoms with Gasteiger partial charge in [0.25, 0.3) is 0 Å². The molecule has 4 rings (SSSR count). The lowest BCUT2D eigenvalue weighted by molar-refractivity contribution is -0.168. The highest BCUT2D eigenvalue weighted by Gasteiger charge is 2.35. The van der Waals surface area contributed by atoms with Gasteiger partial charge in [0.2, 0.25) is 6.29 Å². The number of thiophene rings is 1. The number of aryl methyl sites for hydroxylation is 1. The van der Waals surface area contributed by atoms with Gasteiger partial charge in [-0.1, -0.05) is 32.9 Å². The lowest BCUT2D eigenvalue weighted by Gasteiger charge is -2.39. The summed E-state index contributed by atoms with van der Waals surface area (Å²) >= 11 is 1.59. The van der Waals surface area contributed by atoms with Gasteiger partial charge in [-0.05, 0) is 37.6 Å². The van der Waals surface area contributed by atoms with E-state index in [0.717, 1.165) is 46.8 Å². The first-order chi connectivity index (χ1) is 17.0. The number of ether oxygens (including phenoxy) is 2. The molecule has 1 aromatic carbocycles. The number of benzene rings is 1. The molecular formula is C26H35N5O4S. The van der Waals surface area contributed by atoms with Crippen molar-refractivity contribution in [3.8, 4) is 0 Å². The maximum Gasteiger partial charge on any atom is 0.423 e. The van der Waals surface area contributed by atoms with Crippen molar-refractivity contribution in [3.63, 3.8) is 0 Å². The molecule has 9 nitrogen and oxygen atoms in total. The minimum absolute atomic E-state index is 0.485. The molecule has 1 fully saturated rings. The van der Waals surface area contributed by atoms with Crippen LogP contribution in [0.25, 0.3) is 5.82 Å². The Labute approximate surface area is 215 Å². The highest BCUT2D eigenvalue weighted by Crippen LogP contribution is 2.34. The molecule has 2 aliphatic rings. The first-order valence-electron chi connectivity index (χ1n) is 12.1. The van der Waals surface area contributed by atoms with E-state index in [1.165, 1.54) is 6.92 Å². The number of anilines is 1. The van der Waals surface area contributed by atoms with Crippen molar-refractivity contribution in [1.29, 1.82) is 0 Å². The predicted molar refractivity (Wildman–Crippen MR) is 140 cm³/mol. The molecule has 0 bridgehead atoms. The third-order valence-electron chi connectivity index (χ3n) is 6.35. The number of carbonyl (C=O) groups is 2. The van der Waals surface area contributed by atoms with Gasteiger partial charge in [0.15, 0.2) is 0 Å². The van der Waals surface area contributed by atoms with Crippen LogP contribution in [0.15, 0.2) is 35.3 Å². The number of nitrogens with zero attached hydrogens (tertiary/aromatic N) is 4. The Balaban J connectivity index is 1.73. The molecule has 2 N–H and O–H groups in total. The summed E-state index contributed by atoms with van der Waals surface area (Å²) in [5, 5.41) is 0.884. The van der Waals surface area contributed by atoms with E-state index in [-0.39, 0.29) is 0 Å². The minimum Gasteiger partial charge on any atom is -0.424 e. The second-order valence-corrected chi connectivity index (χ2v) is 11.6. The van der Waals surface area contributed by atoms with Crippen molar-refractivity contribution in [3.05, 3.63) is 45.1 Å². The second-order valence-electron chi connectivity index (χ2n) is 10.4. The number of hydrogen-bond acceptors (Lipinski definition) is 9. The van der Waals surface area contributed by atoms with Crippen LogP contribution in [-0.4, -0.2) is 67.4 Å². The van der Waals surface area contributed by atoms with Crippen LogP contribution in [0.5, 0.6) is 0 Å². The smallest absolute Gasteiger partial charge is 0.423 e. The van der Waals surface area contributed by atoms with Crippen LogP contribution < -0.4 is 20.5 Å². The Hall–Kier alpha value is -2.95. The molecule has 1 saturated heterocycles. The van der Waals surface area contributed by atoms with E-state index in [1.807, 2.05) is 52.0 Å². The van der Waals surface area contributed by atoms with Gasteiger partial charge in [-0.15, -0.1) is 11.3 Å². The fourth-order valence-electron chi connectivity index (χ4n) is 4.16. The SMILES string of the molecule is Cc1cc2c(s1)=Nc1ccccc1N(C(=O)OC(C)OC(=O)C(N)C(C)(C)C)C=2N1CCN(C)CC1. The number of likely N-dealkylation sites (N-methyl/N-ethyl adjacent to an activating group) is 1. The molecule has 0 spiro atoms. The van der Waals surface area contributed by atoms with Crippen LogP contribution >= 0.6 is 11.3 Å². The van der Waals surface area contributed by atoms with Gasteiger partial charge in [-0.3, -0.25) is 4.79 Å². The molecule has 0 saturated carbocycles. The molecule has 2 atom stereocenters. The molecule has 2 unspecified atom stereocenters. The molecule has 3 heterocycles. The van der Waals surface area contributed by atoms with Gasteiger partial charge in [0, 0.05) is 38.0 Å². The molecule has 0 aliphatic carbocycles. The average Bonchev–Trinajstić information content (AvgIpc) is 3.10. The van der Waals surface area contributed by atoms with Gasteiger partial charge in [0.05, 0.1) is 16.6 Å². The van der Waals surface area contributed by atoms with Crippen LogP contribution in [0.2, 0.25) is 0 Å². The van der Waals surface area contributed by atoms with Crippen LogP contribution in [0.4, 0.5) is 16.2 Å². The highest BCUT2D eigenvalue weighted by atomic mass is 32.1. The van der Waals surface area contributed by atoms with Crippen LogP contribution in [-0.2, 0) is 14.3 Å². The zero-order valence-corrected chi connectivity index (χ0v) is 22.6. The molecule has 36 heavy (non-hydrogen) atoms. The highest BCUT2D eigenvalue weighted by molar-refractivity contribution is 7.09. The third-order valence-corrected chi connectivity index (χ3v) is 7.30. The molecule has 194 valence electrons. The van der Waals surface area contributed by atoms with E-state index in [1.54, 1.807) is 16.2 Å². The van der Waals surface area contributed by atoms with E-state index in [2.05, 4.69) is 22.9 Å². The quantitative estimate of drug-likeness (QED) is 0.495. The number of para-hydroxylation sites is 2. The Morgan fingerprint density at radius 2 is 1.78 bits per heavy atom. The Kier molecular flexibility index (Phi) is 7.40. The number of rotatable bonds is 4. The lowest BCUT2D eigenvalue weighted by atomic mass is 9.87. The predicted octanol–water partition coefficient (Wildman–Crippen LogP) is 2.54. The molecule has 1 amide bonds. The van der Waals surface area contributed by atoms with Crippen LogP contribution in [0.3, 0.4) is 0 Å². The molecule has 2 aliphatic heterocycles. The normalized spacial score (nSPS) is 17.9. The molecule has 10 heteroatoms. The van der Waals surface area contributed by atoms with Gasteiger partial charge in [-0.2, -0.15) is 0 Å². The Morgan fingerprint density at radius 3 is 2.44 bits per heavy atom. The zero-order valence-electron chi connectivity index (χ0n) is 21.8. The molecular weight excluding hydrogens is 478 g/mol. The number of piperazine rings is 1. The topological polar surface area (TPSA) is 101 Å². The summed E-state index contributed by atoms with van der Waals surface area (Å²) in [6.45, 7) is 12.3. The molecule has 2 aromatic rings. The summed E-state index contributed by atoms with van der Waals surface area (Å²) in [5.74, 6) is 0.110. The number of carbonyl (C=O) groups excluding carboxylic acids is 2. The summed E-state index contributed by atoms with van der Waals surface area (Å²) in [4.78, 5) is 38.4. The van der Waals surface area contributed by atoms with Crippen molar-refractivity contribution < 1.29 is 19.1 Å². The minimum atomic E-state index is -1.12. The summed E-state index contributed by atoms with van der Waals surface area (Å²) in [7, 11) is 2.09. The van der Waals surface area contributed by atoms with Crippen LogP contribution in [0, 0.1) is 12.3 Å². The number of amides is 1. The Bertz CT molecular complexity index is 1260. The number of fused-ring (bicyclic) bond motifs is 2. The molecule has 0 radical (unpaired) electrons. The Morgan fingerprint density at radius 1 is 1.11 bits per heavy atom. The average molecular weight is 514 g/mol. The number of nitrogens with two attached hydrogens (primary N) is 1. The maximum absolute atomic E-state index is 13.8. The largest absolute Gasteiger partial charge is 0.424 e. The summed E-state index contributed by atoms with van der Waals surface area (Å²) < 4.78 is 11.9. The van der Waals surface area contributed by atoms with Crippen LogP contribution in [0.1, 0.15) is 32.6 Å². The second kappa shape index (κ2) is 10.2. The van der Waals surface area contributed by atoms with Crippen molar-refractivity contribution >= 4 is 40.6 Å². The van der Waals surface area contributed by atoms with Crippen molar-refractivity contribution in [2.75, 3.05) is 38.1 Å². The maximum atomic E-state index is 13.8. The van der Waals surface area contributed by atoms with E-state index in [9.17, 15) is 9.59 Å². The fourth-order valence-corrected chi connectivity index (χ4v) is 5.05. The zero-order chi connectivity index (χ0) is 26.2. The van der Waals surface area contributed by atoms with Crippen molar-refractivity contribution in [2.24, 2.45) is 16.1 Å². The summed E-state index contributed by atoms with van der Waals surface area (Å²) in [6, 6.07) is 8.71. The van der Waals surface area contributed by atoms with E-state index >= 15 is 0 Å². The first-order valence-corrected chi connectivity index (χ1v) is 13.0. The van der Waals surface area contributed by atoms with Crippen molar-refractivity contribution in [2.45, 2.75) is 47.0 Å². The fraction of sp³-hybridized carbons (Fsp3) is 0.500. The summed E-state index contributed by atoms with van der Waals surface area (Å²) in [5.41, 5.74) is 6.83. The van der Waals surface area contributed by atoms with Gasteiger partial charge in [-0.25, -0.2) is 14.7 Å². The summed E-state index contributed by atoms with van der Waals surface area (Å²) in [6.07, 6.45) is -1.77. The third kappa shape index (κ3) is 5.40. The standard InChI is InChI=1S/C26H35N5O4S/c1-16-15-18-22(36-16)28-19-9-7-8-10-20(19)31(23(18)30-13-11-29(6)12-14-30)25(33)35-17(2)34-24(32)21(27)26(3,4)5/h7-10,15,17,21H,11-14,27H2,1-6H3.